The number of ether oxygens (including phenoxy) is 1. The van der Waals surface area contributed by atoms with Gasteiger partial charge in [0.05, 0.1) is 25.3 Å². The Bertz CT molecular complexity index is 907. The molecule has 2 aromatic carbocycles. The van der Waals surface area contributed by atoms with Gasteiger partial charge in [0.2, 0.25) is 0 Å². The molecular weight excluding hydrogens is 349 g/mol. The normalized spacial score (nSPS) is 11.6. The van der Waals surface area contributed by atoms with Gasteiger partial charge < -0.3 is 10.1 Å². The third kappa shape index (κ3) is 4.58. The summed E-state index contributed by atoms with van der Waals surface area (Å²) in [5.74, 6) is -1.21. The quantitative estimate of drug-likeness (QED) is 0.680. The highest BCUT2D eigenvalue weighted by Crippen LogP contribution is 2.19. The van der Waals surface area contributed by atoms with E-state index >= 15 is 0 Å². The van der Waals surface area contributed by atoms with Gasteiger partial charge in [-0.05, 0) is 48.0 Å². The second kappa shape index (κ2) is 8.27. The molecule has 0 bridgehead atoms. The molecule has 1 N–H and O–H groups in total. The molecule has 1 aromatic heterocycles. The number of hydrogen-bond donors (Lipinski definition) is 1. The van der Waals surface area contributed by atoms with Gasteiger partial charge in [-0.25, -0.2) is 9.07 Å². The third-order valence-electron chi connectivity index (χ3n) is 4.07. The summed E-state index contributed by atoms with van der Waals surface area (Å²) in [6.07, 6.45) is 3.41. The summed E-state index contributed by atoms with van der Waals surface area (Å²) in [4.78, 5) is 24.3. The Morgan fingerprint density at radius 1 is 1.15 bits per heavy atom. The minimum Gasteiger partial charge on any atom is -0.469 e. The predicted molar refractivity (Wildman–Crippen MR) is 96.8 cm³/mol. The van der Waals surface area contributed by atoms with Gasteiger partial charge in [0.15, 0.2) is 0 Å². The lowest BCUT2D eigenvalue weighted by Gasteiger charge is -2.18. The van der Waals surface area contributed by atoms with Crippen molar-refractivity contribution in [2.24, 2.45) is 0 Å². The van der Waals surface area contributed by atoms with Crippen LogP contribution < -0.4 is 5.32 Å². The number of carbonyl (C=O) groups is 2. The topological polar surface area (TPSA) is 73.2 Å². The number of methoxy groups -OCH3 is 1. The molecule has 0 spiro atoms. The van der Waals surface area contributed by atoms with Crippen LogP contribution in [0.4, 0.5) is 4.39 Å². The van der Waals surface area contributed by atoms with E-state index < -0.39 is 17.8 Å². The molecule has 7 heteroatoms. The van der Waals surface area contributed by atoms with Crippen LogP contribution in [0, 0.1) is 5.82 Å². The molecule has 0 saturated carbocycles. The molecule has 1 amide bonds. The van der Waals surface area contributed by atoms with Crippen LogP contribution in [-0.4, -0.2) is 28.8 Å². The van der Waals surface area contributed by atoms with E-state index in [0.717, 1.165) is 5.69 Å². The molecule has 0 radical (unpaired) electrons. The molecule has 0 saturated heterocycles. The molecule has 1 heterocycles. The largest absolute Gasteiger partial charge is 0.469 e. The average Bonchev–Trinajstić information content (AvgIpc) is 3.23. The highest BCUT2D eigenvalue weighted by Gasteiger charge is 2.20. The minimum atomic E-state index is -0.628. The van der Waals surface area contributed by atoms with Gasteiger partial charge in [-0.2, -0.15) is 5.10 Å². The Morgan fingerprint density at radius 3 is 2.44 bits per heavy atom. The van der Waals surface area contributed by atoms with Crippen molar-refractivity contribution in [3.8, 4) is 5.69 Å². The molecule has 0 aliphatic rings. The van der Waals surface area contributed by atoms with Gasteiger partial charge in [0, 0.05) is 18.0 Å². The van der Waals surface area contributed by atoms with Crippen LogP contribution in [-0.2, 0) is 9.53 Å². The van der Waals surface area contributed by atoms with Crippen LogP contribution in [0.2, 0.25) is 0 Å². The fourth-order valence-electron chi connectivity index (χ4n) is 2.63. The summed E-state index contributed by atoms with van der Waals surface area (Å²) in [5.41, 5.74) is 1.87. The summed E-state index contributed by atoms with van der Waals surface area (Å²) < 4.78 is 19.6. The highest BCUT2D eigenvalue weighted by atomic mass is 19.1. The van der Waals surface area contributed by atoms with Crippen molar-refractivity contribution in [1.82, 2.24) is 15.1 Å². The Hall–Kier alpha value is -3.48. The molecule has 0 unspecified atom stereocenters. The van der Waals surface area contributed by atoms with Crippen LogP contribution in [0.15, 0.2) is 67.0 Å². The van der Waals surface area contributed by atoms with Crippen molar-refractivity contribution in [3.05, 3.63) is 83.9 Å². The van der Waals surface area contributed by atoms with Gasteiger partial charge in [-0.15, -0.1) is 0 Å². The summed E-state index contributed by atoms with van der Waals surface area (Å²) in [6, 6.07) is 13.7. The second-order valence-electron chi connectivity index (χ2n) is 5.86. The SMILES string of the molecule is COC(=O)C[C@@H](NC(=O)c1ccc(-n2cccn2)cc1)c1ccc(F)cc1. The summed E-state index contributed by atoms with van der Waals surface area (Å²) >= 11 is 0. The molecule has 0 aliphatic heterocycles. The fourth-order valence-corrected chi connectivity index (χ4v) is 2.63. The van der Waals surface area contributed by atoms with Crippen molar-refractivity contribution in [3.63, 3.8) is 0 Å². The first-order valence-electron chi connectivity index (χ1n) is 8.30. The van der Waals surface area contributed by atoms with E-state index in [9.17, 15) is 14.0 Å². The first kappa shape index (κ1) is 18.3. The number of nitrogens with one attached hydrogen (secondary N) is 1. The van der Waals surface area contributed by atoms with Gasteiger partial charge in [0.1, 0.15) is 5.82 Å². The summed E-state index contributed by atoms with van der Waals surface area (Å²) in [7, 11) is 1.28. The maximum Gasteiger partial charge on any atom is 0.307 e. The Balaban J connectivity index is 1.77. The molecule has 1 atom stereocenters. The standard InChI is InChI=1S/C20H18FN3O3/c1-27-19(25)13-18(14-3-7-16(21)8-4-14)23-20(26)15-5-9-17(10-6-15)24-12-2-11-22-24/h2-12,18H,13H2,1H3,(H,23,26)/t18-/m1/s1. The molecule has 3 aromatic rings. The maximum absolute atomic E-state index is 13.2. The van der Waals surface area contributed by atoms with E-state index in [2.05, 4.69) is 10.4 Å². The van der Waals surface area contributed by atoms with Crippen LogP contribution in [0.5, 0.6) is 0 Å². The van der Waals surface area contributed by atoms with Crippen LogP contribution in [0.1, 0.15) is 28.4 Å². The van der Waals surface area contributed by atoms with Crippen molar-refractivity contribution < 1.29 is 18.7 Å². The molecular formula is C20H18FN3O3. The molecule has 0 fully saturated rings. The first-order valence-corrected chi connectivity index (χ1v) is 8.30. The zero-order valence-corrected chi connectivity index (χ0v) is 14.6. The van der Waals surface area contributed by atoms with Crippen LogP contribution in [0.3, 0.4) is 0 Å². The van der Waals surface area contributed by atoms with Crippen molar-refractivity contribution in [1.29, 1.82) is 0 Å². The molecule has 27 heavy (non-hydrogen) atoms. The fraction of sp³-hybridized carbons (Fsp3) is 0.150. The van der Waals surface area contributed by atoms with Gasteiger partial charge >= 0.3 is 5.97 Å². The number of carbonyl (C=O) groups excluding carboxylic acids is 2. The van der Waals surface area contributed by atoms with Crippen molar-refractivity contribution >= 4 is 11.9 Å². The Kier molecular flexibility index (Phi) is 5.61. The van der Waals surface area contributed by atoms with Gasteiger partial charge in [-0.1, -0.05) is 12.1 Å². The zero-order valence-electron chi connectivity index (χ0n) is 14.6. The smallest absolute Gasteiger partial charge is 0.307 e. The van der Waals surface area contributed by atoms with E-state index in [1.54, 1.807) is 47.4 Å². The van der Waals surface area contributed by atoms with E-state index in [1.807, 2.05) is 0 Å². The monoisotopic (exact) mass is 367 g/mol. The zero-order chi connectivity index (χ0) is 19.2. The van der Waals surface area contributed by atoms with Crippen molar-refractivity contribution in [2.45, 2.75) is 12.5 Å². The van der Waals surface area contributed by atoms with Gasteiger partial charge in [-0.3, -0.25) is 9.59 Å². The third-order valence-corrected chi connectivity index (χ3v) is 4.07. The first-order chi connectivity index (χ1) is 13.1. The summed E-state index contributed by atoms with van der Waals surface area (Å²) in [6.45, 7) is 0. The molecule has 138 valence electrons. The number of halogens is 1. The predicted octanol–water partition coefficient (Wildman–Crippen LogP) is 3.05. The molecule has 0 aliphatic carbocycles. The van der Waals surface area contributed by atoms with Crippen molar-refractivity contribution in [2.75, 3.05) is 7.11 Å². The van der Waals surface area contributed by atoms with Gasteiger partial charge in [0.25, 0.3) is 5.91 Å². The number of esters is 1. The number of nitrogens with zero attached hydrogens (tertiary/aromatic N) is 2. The lowest BCUT2D eigenvalue weighted by molar-refractivity contribution is -0.141. The minimum absolute atomic E-state index is 0.0563. The Morgan fingerprint density at radius 2 is 1.85 bits per heavy atom. The highest BCUT2D eigenvalue weighted by molar-refractivity contribution is 5.94. The number of rotatable bonds is 6. The average molecular weight is 367 g/mol. The molecule has 3 rings (SSSR count). The van der Waals surface area contributed by atoms with Crippen LogP contribution in [0.25, 0.3) is 5.69 Å². The Labute approximate surface area is 155 Å². The van der Waals surface area contributed by atoms with E-state index in [0.29, 0.717) is 11.1 Å². The number of aromatic nitrogens is 2. The number of benzene rings is 2. The van der Waals surface area contributed by atoms with Crippen LogP contribution >= 0.6 is 0 Å². The number of hydrogen-bond acceptors (Lipinski definition) is 4. The summed E-state index contributed by atoms with van der Waals surface area (Å²) in [5, 5.41) is 6.94. The number of amides is 1. The molecule has 6 nitrogen and oxygen atoms in total. The van der Waals surface area contributed by atoms with E-state index in [4.69, 9.17) is 4.74 Å². The van der Waals surface area contributed by atoms with E-state index in [-0.39, 0.29) is 12.3 Å². The second-order valence-corrected chi connectivity index (χ2v) is 5.86. The lowest BCUT2D eigenvalue weighted by Crippen LogP contribution is -2.30. The maximum atomic E-state index is 13.2. The lowest BCUT2D eigenvalue weighted by atomic mass is 10.0. The van der Waals surface area contributed by atoms with E-state index in [1.165, 1.54) is 31.4 Å².